The van der Waals surface area contributed by atoms with Crippen molar-refractivity contribution in [3.05, 3.63) is 11.9 Å². The lowest BCUT2D eigenvalue weighted by atomic mass is 9.96. The van der Waals surface area contributed by atoms with Crippen LogP contribution in [0.25, 0.3) is 0 Å². The number of hydrogen-bond acceptors (Lipinski definition) is 4. The Morgan fingerprint density at radius 2 is 2.17 bits per heavy atom. The second-order valence-corrected chi connectivity index (χ2v) is 4.46. The molecule has 0 saturated heterocycles. The maximum absolute atomic E-state index is 11.8. The van der Waals surface area contributed by atoms with Crippen LogP contribution in [0.4, 0.5) is 5.69 Å². The number of hydrogen-bond donors (Lipinski definition) is 3. The van der Waals surface area contributed by atoms with Crippen LogP contribution in [-0.4, -0.2) is 33.4 Å². The molecule has 102 valence electrons. The Hall–Kier alpha value is -1.56. The predicted octanol–water partition coefficient (Wildman–Crippen LogP) is 0.529. The normalized spacial score (nSPS) is 12.7. The number of carbonyl (C=O) groups is 1. The Bertz CT molecular complexity index is 399. The Labute approximate surface area is 107 Å². The van der Waals surface area contributed by atoms with Crippen molar-refractivity contribution >= 4 is 11.6 Å². The highest BCUT2D eigenvalue weighted by atomic mass is 16.3. The minimum Gasteiger partial charge on any atom is -0.396 e. The maximum atomic E-state index is 11.8. The number of nitrogens with one attached hydrogen (secondary N) is 1. The zero-order chi connectivity index (χ0) is 13.7. The fourth-order valence-corrected chi connectivity index (χ4v) is 1.96. The van der Waals surface area contributed by atoms with Crippen molar-refractivity contribution in [1.82, 2.24) is 15.1 Å². The summed E-state index contributed by atoms with van der Waals surface area (Å²) in [5.74, 6) is -0.149. The number of aromatic nitrogens is 2. The molecule has 6 nitrogen and oxygen atoms in total. The van der Waals surface area contributed by atoms with Gasteiger partial charge < -0.3 is 16.2 Å². The van der Waals surface area contributed by atoms with E-state index in [1.165, 1.54) is 4.68 Å². The number of nitrogens with two attached hydrogens (primary N) is 1. The number of nitrogen functional groups attached to an aromatic ring is 1. The summed E-state index contributed by atoms with van der Waals surface area (Å²) in [5, 5.41) is 16.5. The van der Waals surface area contributed by atoms with Gasteiger partial charge in [0.05, 0.1) is 11.8 Å². The molecule has 6 heteroatoms. The molecule has 0 aliphatic heterocycles. The first-order chi connectivity index (χ1) is 8.49. The van der Waals surface area contributed by atoms with Gasteiger partial charge in [-0.05, 0) is 5.92 Å². The molecule has 0 fully saturated rings. The van der Waals surface area contributed by atoms with E-state index in [1.54, 1.807) is 13.2 Å². The van der Waals surface area contributed by atoms with Crippen molar-refractivity contribution in [1.29, 1.82) is 0 Å². The van der Waals surface area contributed by atoms with Gasteiger partial charge in [0.25, 0.3) is 5.91 Å². The van der Waals surface area contributed by atoms with E-state index in [0.717, 1.165) is 12.8 Å². The summed E-state index contributed by atoms with van der Waals surface area (Å²) in [6.07, 6.45) is 2.82. The Morgan fingerprint density at radius 1 is 1.56 bits per heavy atom. The molecule has 0 bridgehead atoms. The average Bonchev–Trinajstić information content (AvgIpc) is 2.67. The van der Waals surface area contributed by atoms with E-state index in [4.69, 9.17) is 5.73 Å². The van der Waals surface area contributed by atoms with Crippen molar-refractivity contribution in [2.75, 3.05) is 12.3 Å². The zero-order valence-corrected chi connectivity index (χ0v) is 11.2. The number of carbonyl (C=O) groups excluding carboxylic acids is 1. The molecule has 18 heavy (non-hydrogen) atoms. The van der Waals surface area contributed by atoms with Crippen molar-refractivity contribution in [3.8, 4) is 0 Å². The molecule has 0 aliphatic carbocycles. The van der Waals surface area contributed by atoms with Crippen LogP contribution in [0.5, 0.6) is 0 Å². The Kier molecular flexibility index (Phi) is 5.15. The first kappa shape index (κ1) is 14.5. The lowest BCUT2D eigenvalue weighted by molar-refractivity contribution is 0.0813. The smallest absolute Gasteiger partial charge is 0.274 e. The van der Waals surface area contributed by atoms with Crippen LogP contribution in [0.2, 0.25) is 0 Å². The summed E-state index contributed by atoms with van der Waals surface area (Å²) in [4.78, 5) is 11.8. The number of aliphatic hydroxyl groups excluding tert-OH is 1. The van der Waals surface area contributed by atoms with E-state index in [-0.39, 0.29) is 24.1 Å². The van der Waals surface area contributed by atoms with E-state index in [2.05, 4.69) is 10.4 Å². The van der Waals surface area contributed by atoms with Gasteiger partial charge in [-0.1, -0.05) is 26.7 Å². The summed E-state index contributed by atoms with van der Waals surface area (Å²) < 4.78 is 1.49. The van der Waals surface area contributed by atoms with Crippen LogP contribution in [0.3, 0.4) is 0 Å². The van der Waals surface area contributed by atoms with Crippen molar-refractivity contribution in [3.63, 3.8) is 0 Å². The average molecular weight is 254 g/mol. The molecule has 0 spiro atoms. The van der Waals surface area contributed by atoms with E-state index < -0.39 is 6.10 Å². The number of aliphatic hydroxyl groups is 1. The fourth-order valence-electron chi connectivity index (χ4n) is 1.96. The van der Waals surface area contributed by atoms with Crippen LogP contribution in [0, 0.1) is 5.92 Å². The van der Waals surface area contributed by atoms with Gasteiger partial charge in [0.1, 0.15) is 0 Å². The molecule has 1 aromatic rings. The summed E-state index contributed by atoms with van der Waals surface area (Å²) in [6.45, 7) is 4.27. The first-order valence-electron chi connectivity index (χ1n) is 6.24. The van der Waals surface area contributed by atoms with Gasteiger partial charge in [-0.3, -0.25) is 9.48 Å². The monoisotopic (exact) mass is 254 g/mol. The highest BCUT2D eigenvalue weighted by molar-refractivity contribution is 5.96. The summed E-state index contributed by atoms with van der Waals surface area (Å²) in [7, 11) is 1.70. The third-order valence-corrected chi connectivity index (χ3v) is 3.14. The van der Waals surface area contributed by atoms with Gasteiger partial charge in [-0.15, -0.1) is 0 Å². The molecule has 1 amide bonds. The quantitative estimate of drug-likeness (QED) is 0.690. The second-order valence-electron chi connectivity index (χ2n) is 4.46. The van der Waals surface area contributed by atoms with E-state index in [0.29, 0.717) is 5.69 Å². The molecule has 0 aliphatic rings. The van der Waals surface area contributed by atoms with E-state index >= 15 is 0 Å². The molecular weight excluding hydrogens is 232 g/mol. The first-order valence-corrected chi connectivity index (χ1v) is 6.24. The maximum Gasteiger partial charge on any atom is 0.274 e. The van der Waals surface area contributed by atoms with Crippen molar-refractivity contribution in [2.45, 2.75) is 32.8 Å². The highest BCUT2D eigenvalue weighted by Gasteiger charge is 2.18. The highest BCUT2D eigenvalue weighted by Crippen LogP contribution is 2.13. The number of amides is 1. The molecule has 1 heterocycles. The molecule has 1 rings (SSSR count). The molecule has 1 atom stereocenters. The molecule has 1 unspecified atom stereocenters. The third-order valence-electron chi connectivity index (χ3n) is 3.14. The number of anilines is 1. The third kappa shape index (κ3) is 3.46. The zero-order valence-electron chi connectivity index (χ0n) is 11.2. The SMILES string of the molecule is CCC(CC)C(O)CNC(=O)c1nn(C)cc1N. The van der Waals surface area contributed by atoms with Gasteiger partial charge in [0.15, 0.2) is 5.69 Å². The number of rotatable bonds is 6. The largest absolute Gasteiger partial charge is 0.396 e. The van der Waals surface area contributed by atoms with Crippen LogP contribution in [0.1, 0.15) is 37.2 Å². The van der Waals surface area contributed by atoms with E-state index in [1.807, 2.05) is 13.8 Å². The van der Waals surface area contributed by atoms with Crippen molar-refractivity contribution in [2.24, 2.45) is 13.0 Å². The lowest BCUT2D eigenvalue weighted by Gasteiger charge is -2.20. The van der Waals surface area contributed by atoms with Crippen LogP contribution >= 0.6 is 0 Å². The summed E-state index contributed by atoms with van der Waals surface area (Å²) >= 11 is 0. The Balaban J connectivity index is 2.53. The van der Waals surface area contributed by atoms with E-state index in [9.17, 15) is 9.90 Å². The van der Waals surface area contributed by atoms with Gasteiger partial charge in [-0.2, -0.15) is 5.10 Å². The lowest BCUT2D eigenvalue weighted by Crippen LogP contribution is -2.36. The van der Waals surface area contributed by atoms with Gasteiger partial charge >= 0.3 is 0 Å². The van der Waals surface area contributed by atoms with Crippen LogP contribution in [-0.2, 0) is 7.05 Å². The summed E-state index contributed by atoms with van der Waals surface area (Å²) in [5.41, 5.74) is 6.20. The van der Waals surface area contributed by atoms with Gasteiger partial charge in [-0.25, -0.2) is 0 Å². The molecule has 4 N–H and O–H groups in total. The van der Waals surface area contributed by atoms with Crippen LogP contribution < -0.4 is 11.1 Å². The van der Waals surface area contributed by atoms with Gasteiger partial charge in [0, 0.05) is 19.8 Å². The van der Waals surface area contributed by atoms with Gasteiger partial charge in [0.2, 0.25) is 0 Å². The van der Waals surface area contributed by atoms with Crippen molar-refractivity contribution < 1.29 is 9.90 Å². The predicted molar refractivity (Wildman–Crippen MR) is 70.0 cm³/mol. The molecular formula is C12H22N4O2. The standard InChI is InChI=1S/C12H22N4O2/c1-4-8(5-2)10(17)6-14-12(18)11-9(13)7-16(3)15-11/h7-8,10,17H,4-6,13H2,1-3H3,(H,14,18). The minimum atomic E-state index is -0.533. The second kappa shape index (κ2) is 6.39. The molecule has 0 aromatic carbocycles. The Morgan fingerprint density at radius 3 is 2.61 bits per heavy atom. The topological polar surface area (TPSA) is 93.2 Å². The minimum absolute atomic E-state index is 0.200. The van der Waals surface area contributed by atoms with Crippen LogP contribution in [0.15, 0.2) is 6.20 Å². The fraction of sp³-hybridized carbons (Fsp3) is 0.667. The number of aryl methyl sites for hydroxylation is 1. The number of nitrogens with zero attached hydrogens (tertiary/aromatic N) is 2. The molecule has 0 saturated carbocycles. The molecule has 0 radical (unpaired) electrons. The molecule has 1 aromatic heterocycles. The summed E-state index contributed by atoms with van der Waals surface area (Å²) in [6, 6.07) is 0.